The number of esters is 1. The molecular weight excluding hydrogens is 368 g/mol. The standard InChI is InChI=1S/C24H32O5/c1-5-20(28)29-24(14(2)25)11-9-18-17-7-6-15-12-16(26)8-10-22(15,3)21(17)19(27)13-23(18,24)4/h8,10,12,17-19,21,27H,5-7,9,11,13H2,1-4H3/t17-,18-,19-,21+,22-,23-,24?/m0/s1. The fourth-order valence-electron chi connectivity index (χ4n) is 7.40. The minimum atomic E-state index is -1.15. The van der Waals surface area contributed by atoms with E-state index in [9.17, 15) is 19.5 Å². The van der Waals surface area contributed by atoms with Gasteiger partial charge in [-0.1, -0.05) is 32.4 Å². The number of Topliss-reactive ketones (excluding diaryl/α,β-unsaturated/α-hetero) is 1. The third kappa shape index (κ3) is 2.66. The summed E-state index contributed by atoms with van der Waals surface area (Å²) in [4.78, 5) is 37.0. The number of allylic oxidation sites excluding steroid dienone is 4. The monoisotopic (exact) mass is 400 g/mol. The fourth-order valence-corrected chi connectivity index (χ4v) is 7.40. The Hall–Kier alpha value is -1.75. The lowest BCUT2D eigenvalue weighted by atomic mass is 9.46. The largest absolute Gasteiger partial charge is 0.450 e. The molecule has 7 atom stereocenters. The van der Waals surface area contributed by atoms with E-state index in [1.54, 1.807) is 19.1 Å². The van der Waals surface area contributed by atoms with E-state index in [1.807, 2.05) is 13.0 Å². The molecule has 0 aromatic rings. The summed E-state index contributed by atoms with van der Waals surface area (Å²) in [5.74, 6) is -0.00307. The van der Waals surface area contributed by atoms with Gasteiger partial charge >= 0.3 is 5.97 Å². The Morgan fingerprint density at radius 2 is 2.00 bits per heavy atom. The summed E-state index contributed by atoms with van der Waals surface area (Å²) in [5.41, 5.74) is -0.941. The van der Waals surface area contributed by atoms with Crippen LogP contribution in [0.4, 0.5) is 0 Å². The van der Waals surface area contributed by atoms with Crippen LogP contribution in [0.5, 0.6) is 0 Å². The van der Waals surface area contributed by atoms with Gasteiger partial charge in [-0.05, 0) is 63.0 Å². The Bertz CT molecular complexity index is 825. The number of carbonyl (C=O) groups is 3. The lowest BCUT2D eigenvalue weighted by Crippen LogP contribution is -2.62. The summed E-state index contributed by atoms with van der Waals surface area (Å²) in [6.07, 6.45) is 8.46. The van der Waals surface area contributed by atoms with E-state index in [4.69, 9.17) is 4.74 Å². The molecule has 0 heterocycles. The maximum Gasteiger partial charge on any atom is 0.306 e. The molecule has 5 heteroatoms. The zero-order chi connectivity index (χ0) is 21.2. The number of aliphatic hydroxyl groups excluding tert-OH is 1. The van der Waals surface area contributed by atoms with Gasteiger partial charge in [0.05, 0.1) is 6.10 Å². The van der Waals surface area contributed by atoms with Gasteiger partial charge in [-0.15, -0.1) is 0 Å². The van der Waals surface area contributed by atoms with Crippen LogP contribution in [0.3, 0.4) is 0 Å². The highest BCUT2D eigenvalue weighted by atomic mass is 16.6. The highest BCUT2D eigenvalue weighted by molar-refractivity contribution is 6.01. The third-order valence-corrected chi connectivity index (χ3v) is 8.76. The molecule has 0 aliphatic heterocycles. The van der Waals surface area contributed by atoms with Crippen LogP contribution in [0.25, 0.3) is 0 Å². The van der Waals surface area contributed by atoms with Crippen molar-refractivity contribution in [1.82, 2.24) is 0 Å². The van der Waals surface area contributed by atoms with Crippen molar-refractivity contribution in [3.63, 3.8) is 0 Å². The molecule has 4 aliphatic carbocycles. The van der Waals surface area contributed by atoms with Gasteiger partial charge < -0.3 is 9.84 Å². The highest BCUT2D eigenvalue weighted by Gasteiger charge is 2.69. The van der Waals surface area contributed by atoms with Crippen molar-refractivity contribution in [2.75, 3.05) is 0 Å². The average molecular weight is 401 g/mol. The number of hydrogen-bond acceptors (Lipinski definition) is 5. The van der Waals surface area contributed by atoms with Crippen LogP contribution in [0.1, 0.15) is 66.2 Å². The SMILES string of the molecule is CCC(=O)OC1(C(C)=O)CC[C@H]2[C@@H]3CCC4=CC(=O)C=C[C@]4(C)[C@H]3[C@@H](O)C[C@@]21C. The van der Waals surface area contributed by atoms with E-state index in [-0.39, 0.29) is 47.1 Å². The molecule has 5 nitrogen and oxygen atoms in total. The first kappa shape index (κ1) is 20.5. The molecule has 158 valence electrons. The van der Waals surface area contributed by atoms with Crippen molar-refractivity contribution >= 4 is 17.5 Å². The Morgan fingerprint density at radius 3 is 2.66 bits per heavy atom. The molecule has 29 heavy (non-hydrogen) atoms. The van der Waals surface area contributed by atoms with Crippen molar-refractivity contribution in [2.24, 2.45) is 28.6 Å². The zero-order valence-electron chi connectivity index (χ0n) is 17.9. The maximum absolute atomic E-state index is 12.9. The molecule has 1 N–H and O–H groups in total. The number of rotatable bonds is 3. The van der Waals surface area contributed by atoms with Crippen LogP contribution in [-0.2, 0) is 19.1 Å². The van der Waals surface area contributed by atoms with E-state index < -0.39 is 17.1 Å². The van der Waals surface area contributed by atoms with Crippen LogP contribution >= 0.6 is 0 Å². The van der Waals surface area contributed by atoms with E-state index >= 15 is 0 Å². The normalized spacial score (nSPS) is 45.7. The van der Waals surface area contributed by atoms with Crippen LogP contribution in [0, 0.1) is 28.6 Å². The molecule has 0 saturated heterocycles. The number of carbonyl (C=O) groups excluding carboxylic acids is 3. The molecule has 0 aromatic carbocycles. The van der Waals surface area contributed by atoms with Gasteiger partial charge in [0.2, 0.25) is 0 Å². The van der Waals surface area contributed by atoms with Gasteiger partial charge in [0.25, 0.3) is 0 Å². The van der Waals surface area contributed by atoms with Gasteiger partial charge in [0, 0.05) is 23.2 Å². The molecule has 0 bridgehead atoms. The number of hydrogen-bond donors (Lipinski definition) is 1. The molecule has 0 aromatic heterocycles. The van der Waals surface area contributed by atoms with E-state index in [1.165, 1.54) is 6.92 Å². The Kier molecular flexibility index (Phi) is 4.69. The number of aliphatic hydroxyl groups is 1. The lowest BCUT2D eigenvalue weighted by Gasteiger charge is -2.59. The average Bonchev–Trinajstić information content (AvgIpc) is 2.94. The molecule has 0 radical (unpaired) electrons. The number of ether oxygens (including phenoxy) is 1. The topological polar surface area (TPSA) is 80.7 Å². The van der Waals surface area contributed by atoms with Gasteiger partial charge in [0.1, 0.15) is 0 Å². The van der Waals surface area contributed by atoms with Crippen LogP contribution < -0.4 is 0 Å². The van der Waals surface area contributed by atoms with Gasteiger partial charge in [-0.2, -0.15) is 0 Å². The van der Waals surface area contributed by atoms with Gasteiger partial charge in [0.15, 0.2) is 17.2 Å². The minimum absolute atomic E-state index is 0.00885. The van der Waals surface area contributed by atoms with Crippen molar-refractivity contribution in [3.05, 3.63) is 23.8 Å². The molecule has 0 spiro atoms. The summed E-state index contributed by atoms with van der Waals surface area (Å²) in [6.45, 7) is 7.44. The molecule has 0 amide bonds. The Morgan fingerprint density at radius 1 is 1.28 bits per heavy atom. The predicted octanol–water partition coefficient (Wildman–Crippen LogP) is 3.55. The minimum Gasteiger partial charge on any atom is -0.450 e. The van der Waals surface area contributed by atoms with Crippen LogP contribution in [0.15, 0.2) is 23.8 Å². The van der Waals surface area contributed by atoms with Gasteiger partial charge in [-0.25, -0.2) is 0 Å². The van der Waals surface area contributed by atoms with Gasteiger partial charge in [-0.3, -0.25) is 14.4 Å². The first-order valence-corrected chi connectivity index (χ1v) is 10.9. The van der Waals surface area contributed by atoms with E-state index in [0.29, 0.717) is 12.8 Å². The lowest BCUT2D eigenvalue weighted by molar-refractivity contribution is -0.197. The first-order valence-electron chi connectivity index (χ1n) is 10.9. The Balaban J connectivity index is 1.75. The molecule has 3 fully saturated rings. The molecule has 1 unspecified atom stereocenters. The second kappa shape index (κ2) is 6.63. The van der Waals surface area contributed by atoms with E-state index in [0.717, 1.165) is 24.8 Å². The smallest absolute Gasteiger partial charge is 0.306 e. The third-order valence-electron chi connectivity index (χ3n) is 8.76. The highest BCUT2D eigenvalue weighted by Crippen LogP contribution is 2.67. The second-order valence-corrected chi connectivity index (χ2v) is 9.96. The Labute approximate surface area is 172 Å². The van der Waals surface area contributed by atoms with Crippen molar-refractivity contribution < 1.29 is 24.2 Å². The quantitative estimate of drug-likeness (QED) is 0.733. The van der Waals surface area contributed by atoms with E-state index in [2.05, 4.69) is 6.92 Å². The molecule has 4 rings (SSSR count). The van der Waals surface area contributed by atoms with Crippen LogP contribution in [0.2, 0.25) is 0 Å². The summed E-state index contributed by atoms with van der Waals surface area (Å²) >= 11 is 0. The van der Waals surface area contributed by atoms with Crippen molar-refractivity contribution in [3.8, 4) is 0 Å². The zero-order valence-corrected chi connectivity index (χ0v) is 17.9. The summed E-state index contributed by atoms with van der Waals surface area (Å²) < 4.78 is 5.89. The second-order valence-electron chi connectivity index (χ2n) is 9.96. The van der Waals surface area contributed by atoms with Crippen molar-refractivity contribution in [1.29, 1.82) is 0 Å². The fraction of sp³-hybridized carbons (Fsp3) is 0.708. The van der Waals surface area contributed by atoms with Crippen LogP contribution in [-0.4, -0.2) is 34.3 Å². The molecular formula is C24H32O5. The molecule has 3 saturated carbocycles. The summed E-state index contributed by atoms with van der Waals surface area (Å²) in [6, 6.07) is 0. The number of ketones is 2. The first-order chi connectivity index (χ1) is 13.6. The predicted molar refractivity (Wildman–Crippen MR) is 108 cm³/mol. The molecule has 4 aliphatic rings. The summed E-state index contributed by atoms with van der Waals surface area (Å²) in [7, 11) is 0. The van der Waals surface area contributed by atoms with Crippen molar-refractivity contribution in [2.45, 2.75) is 77.9 Å². The summed E-state index contributed by atoms with van der Waals surface area (Å²) in [5, 5.41) is 11.4. The number of fused-ring (bicyclic) bond motifs is 5. The maximum atomic E-state index is 12.9.